The Morgan fingerprint density at radius 2 is 1.89 bits per heavy atom. The Kier molecular flexibility index (Phi) is 4.64. The quantitative estimate of drug-likeness (QED) is 0.550. The first-order valence-electron chi connectivity index (χ1n) is 8.50. The molecule has 7 nitrogen and oxygen atoms in total. The van der Waals surface area contributed by atoms with Crippen LogP contribution in [0.3, 0.4) is 0 Å². The van der Waals surface area contributed by atoms with Crippen LogP contribution in [0.2, 0.25) is 0 Å². The molecule has 4 rings (SSSR count). The minimum absolute atomic E-state index is 0.345. The molecule has 4 aromatic heterocycles. The second-order valence-corrected chi connectivity index (χ2v) is 7.23. The summed E-state index contributed by atoms with van der Waals surface area (Å²) in [6.45, 7) is 4.19. The Hall–Kier alpha value is -3.13. The molecule has 0 spiro atoms. The lowest BCUT2D eigenvalue weighted by Crippen LogP contribution is -1.96. The van der Waals surface area contributed by atoms with E-state index in [1.54, 1.807) is 25.7 Å². The van der Waals surface area contributed by atoms with Crippen LogP contribution < -0.4 is 10.1 Å². The van der Waals surface area contributed by atoms with Gasteiger partial charge in [-0.05, 0) is 24.3 Å². The van der Waals surface area contributed by atoms with Gasteiger partial charge in [0.15, 0.2) is 0 Å². The Bertz CT molecular complexity index is 1090. The van der Waals surface area contributed by atoms with Gasteiger partial charge in [0.1, 0.15) is 16.6 Å². The van der Waals surface area contributed by atoms with Gasteiger partial charge in [0.05, 0.1) is 24.3 Å². The first-order chi connectivity index (χ1) is 13.2. The predicted molar refractivity (Wildman–Crippen MR) is 107 cm³/mol. The summed E-state index contributed by atoms with van der Waals surface area (Å²) in [4.78, 5) is 13.3. The van der Waals surface area contributed by atoms with Crippen LogP contribution in [0, 0.1) is 0 Å². The van der Waals surface area contributed by atoms with Crippen molar-refractivity contribution in [1.82, 2.24) is 25.1 Å². The first-order valence-corrected chi connectivity index (χ1v) is 9.32. The van der Waals surface area contributed by atoms with E-state index in [-0.39, 0.29) is 0 Å². The molecule has 0 saturated heterocycles. The number of fused-ring (bicyclic) bond motifs is 1. The molecule has 8 heteroatoms. The van der Waals surface area contributed by atoms with E-state index in [9.17, 15) is 0 Å². The van der Waals surface area contributed by atoms with E-state index in [0.29, 0.717) is 17.5 Å². The van der Waals surface area contributed by atoms with Crippen molar-refractivity contribution in [3.63, 3.8) is 0 Å². The number of aromatic nitrogens is 5. The van der Waals surface area contributed by atoms with Crippen molar-refractivity contribution in [1.29, 1.82) is 0 Å². The maximum atomic E-state index is 5.46. The minimum atomic E-state index is 0.345. The van der Waals surface area contributed by atoms with E-state index >= 15 is 0 Å². The van der Waals surface area contributed by atoms with Crippen molar-refractivity contribution in [2.75, 3.05) is 12.4 Å². The van der Waals surface area contributed by atoms with E-state index in [1.165, 1.54) is 11.3 Å². The SMILES string of the molecule is COc1cnccc1-c1ccnc2ccc(Nc3nnc(C(C)C)s3)nc12. The zero-order valence-corrected chi connectivity index (χ0v) is 16.0. The van der Waals surface area contributed by atoms with Crippen molar-refractivity contribution in [3.8, 4) is 16.9 Å². The minimum Gasteiger partial charge on any atom is -0.494 e. The van der Waals surface area contributed by atoms with E-state index in [1.807, 2.05) is 24.3 Å². The van der Waals surface area contributed by atoms with Crippen LogP contribution >= 0.6 is 11.3 Å². The van der Waals surface area contributed by atoms with Gasteiger partial charge in [-0.15, -0.1) is 10.2 Å². The third kappa shape index (κ3) is 3.43. The Morgan fingerprint density at radius 1 is 1.04 bits per heavy atom. The molecule has 0 aliphatic heterocycles. The van der Waals surface area contributed by atoms with Crippen LogP contribution in [0.25, 0.3) is 22.2 Å². The highest BCUT2D eigenvalue weighted by Crippen LogP contribution is 2.33. The second kappa shape index (κ2) is 7.24. The molecule has 4 heterocycles. The van der Waals surface area contributed by atoms with Crippen molar-refractivity contribution < 1.29 is 4.74 Å². The maximum absolute atomic E-state index is 5.46. The van der Waals surface area contributed by atoms with Crippen molar-refractivity contribution >= 4 is 33.3 Å². The summed E-state index contributed by atoms with van der Waals surface area (Å²) in [6, 6.07) is 7.67. The van der Waals surface area contributed by atoms with E-state index in [0.717, 1.165) is 32.3 Å². The van der Waals surface area contributed by atoms with Crippen molar-refractivity contribution in [3.05, 3.63) is 47.9 Å². The molecule has 0 aliphatic carbocycles. The zero-order valence-electron chi connectivity index (χ0n) is 15.2. The van der Waals surface area contributed by atoms with Crippen LogP contribution in [-0.2, 0) is 0 Å². The second-order valence-electron chi connectivity index (χ2n) is 6.22. The van der Waals surface area contributed by atoms with Gasteiger partial charge in [-0.2, -0.15) is 0 Å². The molecular weight excluding hydrogens is 360 g/mol. The van der Waals surface area contributed by atoms with Crippen LogP contribution in [-0.4, -0.2) is 32.3 Å². The number of nitrogens with one attached hydrogen (secondary N) is 1. The molecule has 0 saturated carbocycles. The molecule has 0 radical (unpaired) electrons. The summed E-state index contributed by atoms with van der Waals surface area (Å²) in [5, 5.41) is 13.3. The van der Waals surface area contributed by atoms with Gasteiger partial charge in [0, 0.05) is 29.4 Å². The number of pyridine rings is 3. The number of methoxy groups -OCH3 is 1. The molecule has 0 bridgehead atoms. The summed E-state index contributed by atoms with van der Waals surface area (Å²) >= 11 is 1.53. The molecule has 0 aromatic carbocycles. The zero-order chi connectivity index (χ0) is 18.8. The lowest BCUT2D eigenvalue weighted by atomic mass is 10.1. The van der Waals surface area contributed by atoms with Crippen LogP contribution in [0.4, 0.5) is 10.9 Å². The van der Waals surface area contributed by atoms with Gasteiger partial charge in [-0.25, -0.2) is 4.98 Å². The number of hydrogen-bond donors (Lipinski definition) is 1. The summed E-state index contributed by atoms with van der Waals surface area (Å²) in [7, 11) is 1.63. The predicted octanol–water partition coefficient (Wildman–Crippen LogP) is 4.42. The molecular formula is C19H18N6OS. The topological polar surface area (TPSA) is 85.7 Å². The average Bonchev–Trinajstić information content (AvgIpc) is 3.16. The number of hydrogen-bond acceptors (Lipinski definition) is 8. The summed E-state index contributed by atoms with van der Waals surface area (Å²) < 4.78 is 5.46. The Labute approximate surface area is 160 Å². The standard InChI is InChI=1S/C19H18N6OS/c1-11(2)18-24-25-19(27-18)23-16-5-4-14-17(22-16)13(7-9-21-14)12-6-8-20-10-15(12)26-3/h4-11H,1-3H3,(H,22,23,25). The molecule has 4 aromatic rings. The molecule has 0 atom stereocenters. The first kappa shape index (κ1) is 17.3. The molecule has 1 N–H and O–H groups in total. The third-order valence-electron chi connectivity index (χ3n) is 4.05. The van der Waals surface area contributed by atoms with E-state index in [4.69, 9.17) is 9.72 Å². The van der Waals surface area contributed by atoms with Crippen molar-refractivity contribution in [2.45, 2.75) is 19.8 Å². The fourth-order valence-electron chi connectivity index (χ4n) is 2.71. The number of anilines is 2. The van der Waals surface area contributed by atoms with Crippen LogP contribution in [0.5, 0.6) is 5.75 Å². The highest BCUT2D eigenvalue weighted by Gasteiger charge is 2.13. The van der Waals surface area contributed by atoms with Gasteiger partial charge < -0.3 is 10.1 Å². The van der Waals surface area contributed by atoms with Crippen LogP contribution in [0.1, 0.15) is 24.8 Å². The molecule has 0 amide bonds. The molecule has 136 valence electrons. The van der Waals surface area contributed by atoms with Gasteiger partial charge >= 0.3 is 0 Å². The normalized spacial score (nSPS) is 11.1. The fourth-order valence-corrected chi connectivity index (χ4v) is 3.46. The van der Waals surface area contributed by atoms with Gasteiger partial charge in [0.2, 0.25) is 5.13 Å². The molecule has 0 fully saturated rings. The maximum Gasteiger partial charge on any atom is 0.211 e. The summed E-state index contributed by atoms with van der Waals surface area (Å²) in [6.07, 6.45) is 5.20. The Balaban J connectivity index is 1.77. The molecule has 27 heavy (non-hydrogen) atoms. The summed E-state index contributed by atoms with van der Waals surface area (Å²) in [5.74, 6) is 1.73. The smallest absolute Gasteiger partial charge is 0.211 e. The van der Waals surface area contributed by atoms with E-state index < -0.39 is 0 Å². The lowest BCUT2D eigenvalue weighted by Gasteiger charge is -2.10. The largest absolute Gasteiger partial charge is 0.494 e. The number of nitrogens with zero attached hydrogens (tertiary/aromatic N) is 5. The number of rotatable bonds is 5. The molecule has 0 aliphatic rings. The van der Waals surface area contributed by atoms with Gasteiger partial charge in [-0.3, -0.25) is 9.97 Å². The summed E-state index contributed by atoms with van der Waals surface area (Å²) in [5.41, 5.74) is 3.43. The van der Waals surface area contributed by atoms with Gasteiger partial charge in [0.25, 0.3) is 0 Å². The third-order valence-corrected chi connectivity index (χ3v) is 5.19. The number of ether oxygens (including phenoxy) is 1. The van der Waals surface area contributed by atoms with Crippen molar-refractivity contribution in [2.24, 2.45) is 0 Å². The highest BCUT2D eigenvalue weighted by atomic mass is 32.1. The highest BCUT2D eigenvalue weighted by molar-refractivity contribution is 7.15. The Morgan fingerprint density at radius 3 is 2.67 bits per heavy atom. The van der Waals surface area contributed by atoms with E-state index in [2.05, 4.69) is 39.3 Å². The van der Waals surface area contributed by atoms with Gasteiger partial charge in [-0.1, -0.05) is 25.2 Å². The monoisotopic (exact) mass is 378 g/mol. The fraction of sp³-hybridized carbons (Fsp3) is 0.211. The average molecular weight is 378 g/mol. The lowest BCUT2D eigenvalue weighted by molar-refractivity contribution is 0.414. The van der Waals surface area contributed by atoms with Crippen LogP contribution in [0.15, 0.2) is 42.9 Å². The molecule has 0 unspecified atom stereocenters.